The van der Waals surface area contributed by atoms with Crippen molar-refractivity contribution in [3.63, 3.8) is 0 Å². The van der Waals surface area contributed by atoms with Gasteiger partial charge in [-0.2, -0.15) is 0 Å². The highest BCUT2D eigenvalue weighted by atomic mass is 16.5. The van der Waals surface area contributed by atoms with Gasteiger partial charge < -0.3 is 19.7 Å². The summed E-state index contributed by atoms with van der Waals surface area (Å²) in [5, 5.41) is 13.1. The lowest BCUT2D eigenvalue weighted by molar-refractivity contribution is 0.102. The van der Waals surface area contributed by atoms with E-state index in [-0.39, 0.29) is 22.8 Å². The average Bonchev–Trinajstić information content (AvgIpc) is 3.35. The molecule has 3 heterocycles. The number of benzene rings is 1. The number of aryl methyl sites for hydroxylation is 5. The third kappa shape index (κ3) is 4.52. The molecular weight excluding hydrogens is 422 g/mol. The summed E-state index contributed by atoms with van der Waals surface area (Å²) >= 11 is 0. The van der Waals surface area contributed by atoms with E-state index in [1.54, 1.807) is 39.8 Å². The highest BCUT2D eigenvalue weighted by Gasteiger charge is 2.27. The number of carbonyl (C=O) groups excluding carboxylic acids is 2. The first-order chi connectivity index (χ1) is 15.7. The second kappa shape index (κ2) is 8.70. The highest BCUT2D eigenvalue weighted by Crippen LogP contribution is 2.33. The molecule has 0 saturated carbocycles. The van der Waals surface area contributed by atoms with E-state index in [0.717, 1.165) is 5.56 Å². The Labute approximate surface area is 190 Å². The summed E-state index contributed by atoms with van der Waals surface area (Å²) in [6.07, 6.45) is 0. The Kier molecular flexibility index (Phi) is 5.78. The summed E-state index contributed by atoms with van der Waals surface area (Å²) in [6.45, 7) is 8.89. The van der Waals surface area contributed by atoms with Crippen LogP contribution in [0.1, 0.15) is 49.2 Å². The molecule has 0 aliphatic rings. The van der Waals surface area contributed by atoms with Crippen LogP contribution in [-0.4, -0.2) is 27.1 Å². The van der Waals surface area contributed by atoms with Crippen molar-refractivity contribution in [3.8, 4) is 11.1 Å². The Morgan fingerprint density at radius 2 is 1.18 bits per heavy atom. The Hall–Kier alpha value is -4.27. The predicted molar refractivity (Wildman–Crippen MR) is 122 cm³/mol. The Morgan fingerprint density at radius 3 is 1.58 bits per heavy atom. The molecule has 0 spiro atoms. The van der Waals surface area contributed by atoms with Crippen molar-refractivity contribution in [1.29, 1.82) is 0 Å². The van der Waals surface area contributed by atoms with Crippen LogP contribution in [-0.2, 0) is 0 Å². The van der Waals surface area contributed by atoms with Crippen molar-refractivity contribution in [3.05, 3.63) is 76.0 Å². The van der Waals surface area contributed by atoms with Crippen LogP contribution in [0.2, 0.25) is 0 Å². The van der Waals surface area contributed by atoms with E-state index in [2.05, 4.69) is 25.9 Å². The van der Waals surface area contributed by atoms with Gasteiger partial charge in [-0.15, -0.1) is 0 Å². The lowest BCUT2D eigenvalue weighted by Crippen LogP contribution is -2.22. The number of nitrogens with zero attached hydrogens (tertiary/aromatic N) is 3. The number of hydrogen-bond donors (Lipinski definition) is 2. The number of pyridine rings is 1. The molecule has 0 aliphatic heterocycles. The molecule has 2 N–H and O–H groups in total. The van der Waals surface area contributed by atoms with Crippen LogP contribution in [0, 0.1) is 34.6 Å². The fourth-order valence-electron chi connectivity index (χ4n) is 3.62. The molecule has 33 heavy (non-hydrogen) atoms. The largest absolute Gasteiger partial charge is 0.360 e. The Morgan fingerprint density at radius 1 is 0.727 bits per heavy atom. The van der Waals surface area contributed by atoms with E-state index in [1.165, 1.54) is 0 Å². The first kappa shape index (κ1) is 21.9. The van der Waals surface area contributed by atoms with Gasteiger partial charge in [0.25, 0.3) is 11.8 Å². The fraction of sp³-hybridized carbons (Fsp3) is 0.208. The first-order valence-electron chi connectivity index (χ1n) is 10.3. The van der Waals surface area contributed by atoms with Crippen LogP contribution < -0.4 is 10.6 Å². The predicted octanol–water partition coefficient (Wildman–Crippen LogP) is 4.77. The van der Waals surface area contributed by atoms with Crippen LogP contribution in [0.4, 0.5) is 11.6 Å². The molecule has 0 saturated heterocycles. The number of aromatic nitrogens is 3. The van der Waals surface area contributed by atoms with E-state index in [0.29, 0.717) is 34.0 Å². The maximum atomic E-state index is 13.4. The molecule has 0 radical (unpaired) electrons. The van der Waals surface area contributed by atoms with Gasteiger partial charge in [0.15, 0.2) is 11.6 Å². The third-order valence-corrected chi connectivity index (χ3v) is 5.09. The quantitative estimate of drug-likeness (QED) is 0.453. The van der Waals surface area contributed by atoms with Crippen molar-refractivity contribution < 1.29 is 18.6 Å². The van der Waals surface area contributed by atoms with E-state index in [1.807, 2.05) is 31.2 Å². The summed E-state index contributed by atoms with van der Waals surface area (Å²) < 4.78 is 10.1. The number of hydrogen-bond acceptors (Lipinski definition) is 7. The SMILES string of the molecule is Cc1ccc(-c2c(C(=O)Nc3cc(C)on3)c(C)nc(C)c2C(=O)Nc2cc(C)on2)cc1. The number of anilines is 2. The number of amides is 2. The Bertz CT molecular complexity index is 1270. The summed E-state index contributed by atoms with van der Waals surface area (Å²) in [5.41, 5.74) is 3.73. The van der Waals surface area contributed by atoms with E-state index in [9.17, 15) is 9.59 Å². The number of nitrogens with one attached hydrogen (secondary N) is 2. The Balaban J connectivity index is 1.87. The van der Waals surface area contributed by atoms with Gasteiger partial charge in [-0.05, 0) is 40.2 Å². The van der Waals surface area contributed by atoms with Crippen molar-refractivity contribution in [1.82, 2.24) is 15.3 Å². The second-order valence-corrected chi connectivity index (χ2v) is 7.83. The van der Waals surface area contributed by atoms with Crippen molar-refractivity contribution >= 4 is 23.5 Å². The van der Waals surface area contributed by atoms with Crippen LogP contribution in [0.3, 0.4) is 0 Å². The zero-order chi connectivity index (χ0) is 23.7. The monoisotopic (exact) mass is 445 g/mol. The standard InChI is InChI=1S/C24H23N5O4/c1-12-6-8-17(9-7-12)22-20(23(30)26-18-10-13(2)32-28-18)15(4)25-16(5)21(22)24(31)27-19-11-14(3)33-29-19/h6-11H,1-5H3,(H,26,28,30)(H,27,29,31). The minimum atomic E-state index is -0.449. The van der Waals surface area contributed by atoms with Crippen molar-refractivity contribution in [2.45, 2.75) is 34.6 Å². The first-order valence-corrected chi connectivity index (χ1v) is 10.3. The van der Waals surface area contributed by atoms with Crippen LogP contribution >= 0.6 is 0 Å². The zero-order valence-corrected chi connectivity index (χ0v) is 18.9. The highest BCUT2D eigenvalue weighted by molar-refractivity contribution is 6.16. The minimum Gasteiger partial charge on any atom is -0.360 e. The normalized spacial score (nSPS) is 10.8. The summed E-state index contributed by atoms with van der Waals surface area (Å²) in [4.78, 5) is 31.2. The smallest absolute Gasteiger partial charge is 0.259 e. The van der Waals surface area contributed by atoms with Gasteiger partial charge in [-0.1, -0.05) is 40.1 Å². The van der Waals surface area contributed by atoms with E-state index < -0.39 is 11.8 Å². The van der Waals surface area contributed by atoms with Gasteiger partial charge in [0.2, 0.25) is 0 Å². The summed E-state index contributed by atoms with van der Waals surface area (Å²) in [7, 11) is 0. The van der Waals surface area contributed by atoms with Gasteiger partial charge in [0.05, 0.1) is 22.5 Å². The van der Waals surface area contributed by atoms with Crippen molar-refractivity contribution in [2.24, 2.45) is 0 Å². The molecule has 3 aromatic heterocycles. The maximum absolute atomic E-state index is 13.4. The van der Waals surface area contributed by atoms with Gasteiger partial charge in [0, 0.05) is 17.7 Å². The molecule has 168 valence electrons. The molecule has 1 aromatic carbocycles. The molecule has 4 aromatic rings. The lowest BCUT2D eigenvalue weighted by Gasteiger charge is -2.18. The molecule has 4 rings (SSSR count). The molecule has 0 fully saturated rings. The molecule has 0 unspecified atom stereocenters. The van der Waals surface area contributed by atoms with E-state index >= 15 is 0 Å². The van der Waals surface area contributed by atoms with Crippen LogP contribution in [0.25, 0.3) is 11.1 Å². The van der Waals surface area contributed by atoms with Gasteiger partial charge in [0.1, 0.15) is 11.5 Å². The van der Waals surface area contributed by atoms with Crippen LogP contribution in [0.15, 0.2) is 45.4 Å². The third-order valence-electron chi connectivity index (χ3n) is 5.09. The van der Waals surface area contributed by atoms with E-state index in [4.69, 9.17) is 9.05 Å². The molecule has 0 atom stereocenters. The average molecular weight is 445 g/mol. The molecular formula is C24H23N5O4. The topological polar surface area (TPSA) is 123 Å². The molecule has 9 heteroatoms. The molecule has 0 aliphatic carbocycles. The van der Waals surface area contributed by atoms with Gasteiger partial charge in [-0.25, -0.2) is 0 Å². The maximum Gasteiger partial charge on any atom is 0.259 e. The van der Waals surface area contributed by atoms with Crippen LogP contribution in [0.5, 0.6) is 0 Å². The van der Waals surface area contributed by atoms with Crippen molar-refractivity contribution in [2.75, 3.05) is 10.6 Å². The summed E-state index contributed by atoms with van der Waals surface area (Å²) in [5.74, 6) is 0.773. The lowest BCUT2D eigenvalue weighted by atomic mass is 9.91. The fourth-order valence-corrected chi connectivity index (χ4v) is 3.62. The summed E-state index contributed by atoms with van der Waals surface area (Å²) in [6, 6.07) is 10.8. The minimum absolute atomic E-state index is 0.270. The number of carbonyl (C=O) groups is 2. The number of rotatable bonds is 5. The van der Waals surface area contributed by atoms with Gasteiger partial charge in [-0.3, -0.25) is 14.6 Å². The second-order valence-electron chi connectivity index (χ2n) is 7.83. The zero-order valence-electron chi connectivity index (χ0n) is 18.9. The molecule has 9 nitrogen and oxygen atoms in total. The van der Waals surface area contributed by atoms with Gasteiger partial charge >= 0.3 is 0 Å². The molecule has 0 bridgehead atoms. The molecule has 2 amide bonds.